The zero-order valence-corrected chi connectivity index (χ0v) is 2.81. The normalized spacial score (nSPS) is 6.33. The fraction of sp³-hybridized carbons (Fsp3) is 0. The summed E-state index contributed by atoms with van der Waals surface area (Å²) in [6.07, 6.45) is 0. The summed E-state index contributed by atoms with van der Waals surface area (Å²) >= 11 is 0. The number of hydrogen-bond donors (Lipinski definition) is 2. The van der Waals surface area contributed by atoms with Crippen LogP contribution in [0.1, 0.15) is 0 Å². The average molecular weight is 86.8 g/mol. The van der Waals surface area contributed by atoms with E-state index in [1.54, 1.807) is 0 Å². The number of nitrogens with zero attached hydrogens (tertiary/aromatic N) is 3. The Morgan fingerprint density at radius 3 is 2.17 bits per heavy atom. The van der Waals surface area contributed by atoms with Crippen molar-refractivity contribution < 1.29 is 10.0 Å². The molecule has 0 amide bonds. The maximum Gasteiger partial charge on any atom is 0.543 e. The average Bonchev–Trinajstić information content (AvgIpc) is 1.35. The lowest BCUT2D eigenvalue weighted by molar-refractivity contribution is 0.409. The summed E-state index contributed by atoms with van der Waals surface area (Å²) in [5.41, 5.74) is 7.38. The van der Waals surface area contributed by atoms with Crippen LogP contribution < -0.4 is 0 Å². The molecule has 0 atom stereocenters. The molecule has 0 aliphatic carbocycles. The topological polar surface area (TPSA) is 89.2 Å². The van der Waals surface area contributed by atoms with Crippen LogP contribution >= 0.6 is 0 Å². The van der Waals surface area contributed by atoms with Gasteiger partial charge in [0.2, 0.25) is 0 Å². The highest BCUT2D eigenvalue weighted by molar-refractivity contribution is 6.38. The Kier molecular flexibility index (Phi) is 2.23. The summed E-state index contributed by atoms with van der Waals surface area (Å²) in [5, 5.41) is 17.8. The standard InChI is InChI=1S/BH2N3O2/c2-4-3-1(5)6/h5-6H. The Bertz CT molecular complexity index is 72.9. The highest BCUT2D eigenvalue weighted by Gasteiger charge is 1.96. The molecule has 0 aliphatic rings. The molecule has 6 heteroatoms. The van der Waals surface area contributed by atoms with E-state index in [0.717, 1.165) is 0 Å². The molecule has 0 fully saturated rings. The molecule has 0 aromatic heterocycles. The predicted molar refractivity (Wildman–Crippen MR) is 19.3 cm³/mol. The molecule has 6 heavy (non-hydrogen) atoms. The monoisotopic (exact) mass is 87.0 g/mol. The molecule has 2 N–H and O–H groups in total. The third-order valence-electron chi connectivity index (χ3n) is 0.155. The van der Waals surface area contributed by atoms with Gasteiger partial charge in [0, 0.05) is 0 Å². The van der Waals surface area contributed by atoms with Gasteiger partial charge in [-0.2, -0.15) is 0 Å². The molecule has 0 saturated heterocycles. The minimum atomic E-state index is -1.89. The first-order valence-corrected chi connectivity index (χ1v) is 1.17. The molecule has 0 heterocycles. The smallest absolute Gasteiger partial charge is 0.424 e. The van der Waals surface area contributed by atoms with Gasteiger partial charge in [-0.1, -0.05) is 5.03 Å². The van der Waals surface area contributed by atoms with Gasteiger partial charge in [-0.25, -0.2) is 0 Å². The number of rotatable bonds is 1. The third kappa shape index (κ3) is 3.29. The first-order chi connectivity index (χ1) is 2.77. The van der Waals surface area contributed by atoms with Crippen LogP contribution in [0, 0.1) is 0 Å². The third-order valence-corrected chi connectivity index (χ3v) is 0.155. The van der Waals surface area contributed by atoms with Crippen LogP contribution in [-0.4, -0.2) is 17.3 Å². The molecular formula is H2BN3O2. The van der Waals surface area contributed by atoms with Gasteiger partial charge in [0.25, 0.3) is 0 Å². The SMILES string of the molecule is [N-]=[N+]=NB(O)O. The summed E-state index contributed by atoms with van der Waals surface area (Å²) in [4.78, 5) is 2.06. The lowest BCUT2D eigenvalue weighted by Crippen LogP contribution is -2.03. The molecule has 0 saturated carbocycles. The largest absolute Gasteiger partial charge is 0.543 e. The van der Waals surface area contributed by atoms with Crippen molar-refractivity contribution >= 4 is 7.25 Å². The molecule has 0 aromatic rings. The maximum absolute atomic E-state index is 7.69. The lowest BCUT2D eigenvalue weighted by Gasteiger charge is -1.74. The quantitative estimate of drug-likeness (QED) is 0.191. The highest BCUT2D eigenvalue weighted by Crippen LogP contribution is 1.66. The second-order valence-electron chi connectivity index (χ2n) is 0.551. The van der Waals surface area contributed by atoms with Crippen molar-refractivity contribution in [2.24, 2.45) is 5.03 Å². The highest BCUT2D eigenvalue weighted by atomic mass is 16.4. The molecular weight excluding hydrogens is 84.8 g/mol. The van der Waals surface area contributed by atoms with Crippen LogP contribution in [0.2, 0.25) is 0 Å². The van der Waals surface area contributed by atoms with Crippen LogP contribution in [0.5, 0.6) is 0 Å². The fourth-order valence-corrected chi connectivity index (χ4v) is 0.0462. The Morgan fingerprint density at radius 1 is 1.67 bits per heavy atom. The maximum atomic E-state index is 7.69. The summed E-state index contributed by atoms with van der Waals surface area (Å²) in [5.74, 6) is 0. The fourth-order valence-electron chi connectivity index (χ4n) is 0.0462. The molecule has 5 nitrogen and oxygen atoms in total. The molecule has 0 aliphatic heterocycles. The molecule has 0 spiro atoms. The molecule has 0 bridgehead atoms. The number of azide groups is 1. The number of hydrogen-bond acceptors (Lipinski definition) is 3. The van der Waals surface area contributed by atoms with Gasteiger partial charge in [-0.15, -0.1) is 0 Å². The van der Waals surface area contributed by atoms with E-state index in [1.807, 2.05) is 0 Å². The van der Waals surface area contributed by atoms with Gasteiger partial charge in [0.05, 0.1) is 0 Å². The van der Waals surface area contributed by atoms with Gasteiger partial charge in [-0.3, -0.25) is 0 Å². The first-order valence-electron chi connectivity index (χ1n) is 1.17. The predicted octanol–water partition coefficient (Wildman–Crippen LogP) is -0.734. The zero-order chi connectivity index (χ0) is 4.99. The Labute approximate surface area is 34.0 Å². The van der Waals surface area contributed by atoms with E-state index < -0.39 is 7.25 Å². The van der Waals surface area contributed by atoms with Crippen LogP contribution in [0.4, 0.5) is 0 Å². The van der Waals surface area contributed by atoms with Gasteiger partial charge < -0.3 is 10.0 Å². The van der Waals surface area contributed by atoms with E-state index in [0.29, 0.717) is 0 Å². The van der Waals surface area contributed by atoms with E-state index >= 15 is 0 Å². The van der Waals surface area contributed by atoms with Crippen LogP contribution in [0.3, 0.4) is 0 Å². The molecule has 0 radical (unpaired) electrons. The molecule has 0 rings (SSSR count). The minimum Gasteiger partial charge on any atom is -0.424 e. The Hall–Kier alpha value is -0.705. The second kappa shape index (κ2) is 2.53. The van der Waals surface area contributed by atoms with E-state index in [4.69, 9.17) is 15.6 Å². The van der Waals surface area contributed by atoms with Gasteiger partial charge in [0.1, 0.15) is 0 Å². The summed E-state index contributed by atoms with van der Waals surface area (Å²) in [6.45, 7) is 0. The second-order valence-corrected chi connectivity index (χ2v) is 0.551. The van der Waals surface area contributed by atoms with Crippen molar-refractivity contribution in [2.75, 3.05) is 0 Å². The lowest BCUT2D eigenvalue weighted by atomic mass is 10.2. The van der Waals surface area contributed by atoms with Crippen molar-refractivity contribution in [2.45, 2.75) is 0 Å². The van der Waals surface area contributed by atoms with E-state index in [1.165, 1.54) is 0 Å². The minimum absolute atomic E-state index is 1.89. The Balaban J connectivity index is 3.29. The van der Waals surface area contributed by atoms with E-state index in [2.05, 4.69) is 9.94 Å². The van der Waals surface area contributed by atoms with Gasteiger partial charge in [0.15, 0.2) is 0 Å². The molecule has 0 unspecified atom stereocenters. The first kappa shape index (κ1) is 5.29. The van der Waals surface area contributed by atoms with Gasteiger partial charge >= 0.3 is 7.25 Å². The van der Waals surface area contributed by atoms with E-state index in [9.17, 15) is 0 Å². The summed E-state index contributed by atoms with van der Waals surface area (Å²) in [7, 11) is -1.89. The van der Waals surface area contributed by atoms with Crippen LogP contribution in [0.15, 0.2) is 5.03 Å². The van der Waals surface area contributed by atoms with Crippen LogP contribution in [-0.2, 0) is 0 Å². The van der Waals surface area contributed by atoms with Crippen molar-refractivity contribution in [1.82, 2.24) is 0 Å². The van der Waals surface area contributed by atoms with Gasteiger partial charge in [-0.05, 0) is 10.4 Å². The van der Waals surface area contributed by atoms with E-state index in [-0.39, 0.29) is 0 Å². The summed E-state index contributed by atoms with van der Waals surface area (Å²) < 4.78 is 0. The van der Waals surface area contributed by atoms with Crippen molar-refractivity contribution in [3.8, 4) is 0 Å². The molecule has 32 valence electrons. The van der Waals surface area contributed by atoms with Crippen molar-refractivity contribution in [1.29, 1.82) is 0 Å². The Morgan fingerprint density at radius 2 is 2.17 bits per heavy atom. The van der Waals surface area contributed by atoms with Crippen molar-refractivity contribution in [3.63, 3.8) is 0 Å². The zero-order valence-electron chi connectivity index (χ0n) is 2.81. The summed E-state index contributed by atoms with van der Waals surface area (Å²) in [6, 6.07) is 0. The van der Waals surface area contributed by atoms with Crippen molar-refractivity contribution in [3.05, 3.63) is 10.4 Å². The molecule has 0 aromatic carbocycles. The van der Waals surface area contributed by atoms with Crippen LogP contribution in [0.25, 0.3) is 10.4 Å².